The zero-order valence-electron chi connectivity index (χ0n) is 11.6. The van der Waals surface area contributed by atoms with Gasteiger partial charge in [0, 0.05) is 24.3 Å². The Hall–Kier alpha value is -0.870. The van der Waals surface area contributed by atoms with Crippen molar-refractivity contribution in [2.24, 2.45) is 5.41 Å². The van der Waals surface area contributed by atoms with Crippen LogP contribution < -0.4 is 0 Å². The van der Waals surface area contributed by atoms with E-state index in [1.807, 2.05) is 0 Å². The van der Waals surface area contributed by atoms with Gasteiger partial charge in [0.25, 0.3) is 0 Å². The Morgan fingerprint density at radius 1 is 1.56 bits per heavy atom. The predicted octanol–water partition coefficient (Wildman–Crippen LogP) is 1.80. The van der Waals surface area contributed by atoms with Crippen LogP contribution >= 0.6 is 0 Å². The van der Waals surface area contributed by atoms with Crippen LogP contribution in [0.2, 0.25) is 0 Å². The molecule has 1 saturated heterocycles. The molecule has 0 aliphatic carbocycles. The zero-order chi connectivity index (χ0) is 13.2. The van der Waals surface area contributed by atoms with Crippen LogP contribution in [0.5, 0.6) is 0 Å². The minimum atomic E-state index is -0.127. The van der Waals surface area contributed by atoms with Crippen molar-refractivity contribution in [1.82, 2.24) is 9.78 Å². The summed E-state index contributed by atoms with van der Waals surface area (Å²) in [5.74, 6) is 0. The number of nitrogens with zero attached hydrogens (tertiary/aromatic N) is 2. The summed E-state index contributed by atoms with van der Waals surface area (Å²) in [4.78, 5) is 0. The van der Waals surface area contributed by atoms with Gasteiger partial charge in [-0.3, -0.25) is 4.68 Å². The lowest BCUT2D eigenvalue weighted by atomic mass is 9.78. The fraction of sp³-hybridized carbons (Fsp3) is 0.786. The molecule has 4 heteroatoms. The summed E-state index contributed by atoms with van der Waals surface area (Å²) in [6, 6.07) is 2.17. The fourth-order valence-corrected chi connectivity index (χ4v) is 2.78. The second-order valence-electron chi connectivity index (χ2n) is 5.26. The molecular formula is C14H24N2O2. The summed E-state index contributed by atoms with van der Waals surface area (Å²) in [5.41, 5.74) is 2.23. The van der Waals surface area contributed by atoms with Crippen LogP contribution in [0, 0.1) is 5.41 Å². The fourth-order valence-electron chi connectivity index (χ4n) is 2.78. The van der Waals surface area contributed by atoms with Gasteiger partial charge in [0.1, 0.15) is 0 Å². The Balaban J connectivity index is 2.24. The van der Waals surface area contributed by atoms with E-state index >= 15 is 0 Å². The van der Waals surface area contributed by atoms with Crippen molar-refractivity contribution in [1.29, 1.82) is 0 Å². The molecule has 0 saturated carbocycles. The predicted molar refractivity (Wildman–Crippen MR) is 70.5 cm³/mol. The molecule has 0 spiro atoms. The first-order chi connectivity index (χ1) is 8.65. The zero-order valence-corrected chi connectivity index (χ0v) is 11.6. The van der Waals surface area contributed by atoms with Crippen LogP contribution in [-0.2, 0) is 24.1 Å². The number of rotatable bonds is 5. The topological polar surface area (TPSA) is 47.3 Å². The highest BCUT2D eigenvalue weighted by atomic mass is 16.5. The number of hydrogen-bond donors (Lipinski definition) is 1. The van der Waals surface area contributed by atoms with Crippen LogP contribution in [0.15, 0.2) is 6.07 Å². The van der Waals surface area contributed by atoms with Crippen molar-refractivity contribution in [3.8, 4) is 0 Å². The highest BCUT2D eigenvalue weighted by Crippen LogP contribution is 2.37. The van der Waals surface area contributed by atoms with Crippen molar-refractivity contribution < 1.29 is 9.84 Å². The molecule has 1 aliphatic heterocycles. The second kappa shape index (κ2) is 5.41. The highest BCUT2D eigenvalue weighted by molar-refractivity contribution is 5.14. The third-order valence-corrected chi connectivity index (χ3v) is 4.25. The number of aryl methyl sites for hydroxylation is 2. The standard InChI is InChI=1S/C14H24N2O2/c1-4-12-8-13(16(5-2)15-12)9-14(10-17)6-7-18-11(14)3/h8,11,17H,4-7,9-10H2,1-3H3. The van der Waals surface area contributed by atoms with Gasteiger partial charge in [-0.1, -0.05) is 6.92 Å². The van der Waals surface area contributed by atoms with Gasteiger partial charge in [0.15, 0.2) is 0 Å². The molecule has 0 bridgehead atoms. The lowest BCUT2D eigenvalue weighted by molar-refractivity contribution is 0.0260. The molecular weight excluding hydrogens is 228 g/mol. The number of ether oxygens (including phenoxy) is 1. The maximum Gasteiger partial charge on any atom is 0.0629 e. The Morgan fingerprint density at radius 2 is 2.33 bits per heavy atom. The minimum absolute atomic E-state index is 0.118. The van der Waals surface area contributed by atoms with Gasteiger partial charge in [0.2, 0.25) is 0 Å². The molecule has 2 rings (SSSR count). The quantitative estimate of drug-likeness (QED) is 0.869. The first-order valence-electron chi connectivity index (χ1n) is 6.93. The smallest absolute Gasteiger partial charge is 0.0629 e. The molecule has 0 aromatic carbocycles. The minimum Gasteiger partial charge on any atom is -0.396 e. The molecule has 2 atom stereocenters. The molecule has 2 unspecified atom stereocenters. The first kappa shape index (κ1) is 13.6. The van der Waals surface area contributed by atoms with Crippen molar-refractivity contribution in [3.63, 3.8) is 0 Å². The summed E-state index contributed by atoms with van der Waals surface area (Å²) in [7, 11) is 0. The molecule has 4 nitrogen and oxygen atoms in total. The van der Waals surface area contributed by atoms with Crippen molar-refractivity contribution in [2.75, 3.05) is 13.2 Å². The van der Waals surface area contributed by atoms with Gasteiger partial charge >= 0.3 is 0 Å². The molecule has 0 amide bonds. The van der Waals surface area contributed by atoms with Crippen LogP contribution in [0.25, 0.3) is 0 Å². The molecule has 1 aromatic heterocycles. The van der Waals surface area contributed by atoms with Crippen LogP contribution in [-0.4, -0.2) is 34.2 Å². The summed E-state index contributed by atoms with van der Waals surface area (Å²) in [6.07, 6.45) is 2.86. The van der Waals surface area contributed by atoms with E-state index in [0.717, 1.165) is 38.1 Å². The van der Waals surface area contributed by atoms with Gasteiger partial charge < -0.3 is 9.84 Å². The normalized spacial score (nSPS) is 27.9. The molecule has 1 aliphatic rings. The van der Waals surface area contributed by atoms with E-state index in [0.29, 0.717) is 0 Å². The maximum atomic E-state index is 9.77. The third kappa shape index (κ3) is 2.31. The average Bonchev–Trinajstić information content (AvgIpc) is 2.94. The SMILES string of the molecule is CCc1cc(CC2(CO)CCOC2C)n(CC)n1. The first-order valence-corrected chi connectivity index (χ1v) is 6.93. The van der Waals surface area contributed by atoms with E-state index in [4.69, 9.17) is 4.74 Å². The van der Waals surface area contributed by atoms with E-state index in [2.05, 4.69) is 36.6 Å². The van der Waals surface area contributed by atoms with Crippen molar-refractivity contribution in [3.05, 3.63) is 17.5 Å². The Labute approximate surface area is 109 Å². The number of hydrogen-bond acceptors (Lipinski definition) is 3. The van der Waals surface area contributed by atoms with E-state index in [9.17, 15) is 5.11 Å². The third-order valence-electron chi connectivity index (χ3n) is 4.25. The van der Waals surface area contributed by atoms with Gasteiger partial charge in [-0.05, 0) is 39.2 Å². The highest BCUT2D eigenvalue weighted by Gasteiger charge is 2.41. The molecule has 102 valence electrons. The molecule has 1 fully saturated rings. The molecule has 18 heavy (non-hydrogen) atoms. The lowest BCUT2D eigenvalue weighted by Crippen LogP contribution is -2.35. The monoisotopic (exact) mass is 252 g/mol. The van der Waals surface area contributed by atoms with Crippen LogP contribution in [0.3, 0.4) is 0 Å². The summed E-state index contributed by atoms with van der Waals surface area (Å²) in [6.45, 7) is 8.11. The van der Waals surface area contributed by atoms with E-state index in [-0.39, 0.29) is 18.1 Å². The summed E-state index contributed by atoms with van der Waals surface area (Å²) in [5, 5.41) is 14.3. The summed E-state index contributed by atoms with van der Waals surface area (Å²) >= 11 is 0. The van der Waals surface area contributed by atoms with Gasteiger partial charge in [0.05, 0.1) is 18.4 Å². The number of aromatic nitrogens is 2. The second-order valence-corrected chi connectivity index (χ2v) is 5.26. The van der Waals surface area contributed by atoms with E-state index < -0.39 is 0 Å². The Morgan fingerprint density at radius 3 is 2.83 bits per heavy atom. The number of aliphatic hydroxyl groups is 1. The molecule has 1 aromatic rings. The van der Waals surface area contributed by atoms with Gasteiger partial charge in [-0.25, -0.2) is 0 Å². The van der Waals surface area contributed by atoms with Gasteiger partial charge in [-0.15, -0.1) is 0 Å². The average molecular weight is 252 g/mol. The van der Waals surface area contributed by atoms with Crippen LogP contribution in [0.1, 0.15) is 38.6 Å². The Kier molecular flexibility index (Phi) is 4.07. The van der Waals surface area contributed by atoms with E-state index in [1.54, 1.807) is 0 Å². The van der Waals surface area contributed by atoms with Crippen molar-refractivity contribution >= 4 is 0 Å². The lowest BCUT2D eigenvalue weighted by Gasteiger charge is -2.30. The molecule has 0 radical (unpaired) electrons. The van der Waals surface area contributed by atoms with Crippen LogP contribution in [0.4, 0.5) is 0 Å². The molecule has 2 heterocycles. The van der Waals surface area contributed by atoms with Crippen molar-refractivity contribution in [2.45, 2.75) is 52.7 Å². The molecule has 1 N–H and O–H groups in total. The Bertz CT molecular complexity index is 402. The number of aliphatic hydroxyl groups excluding tert-OH is 1. The largest absolute Gasteiger partial charge is 0.396 e. The van der Waals surface area contributed by atoms with E-state index in [1.165, 1.54) is 5.69 Å². The summed E-state index contributed by atoms with van der Waals surface area (Å²) < 4.78 is 7.71. The maximum absolute atomic E-state index is 9.77. The van der Waals surface area contributed by atoms with Gasteiger partial charge in [-0.2, -0.15) is 5.10 Å².